The Bertz CT molecular complexity index is 485. The smallest absolute Gasteiger partial charge is 0.354 e. The summed E-state index contributed by atoms with van der Waals surface area (Å²) in [5, 5.41) is 12.3. The van der Waals surface area contributed by atoms with Gasteiger partial charge in [0.05, 0.1) is 11.9 Å². The summed E-state index contributed by atoms with van der Waals surface area (Å²) in [5.74, 6) is 0.337. The fourth-order valence-corrected chi connectivity index (χ4v) is 1.90. The highest BCUT2D eigenvalue weighted by atomic mass is 32.2. The zero-order valence-corrected chi connectivity index (χ0v) is 8.98. The van der Waals surface area contributed by atoms with Crippen molar-refractivity contribution in [3.05, 3.63) is 42.0 Å². The second-order valence-corrected chi connectivity index (χ2v) is 4.00. The third-order valence-electron chi connectivity index (χ3n) is 1.82. The molecule has 82 valence electrons. The van der Waals surface area contributed by atoms with Crippen molar-refractivity contribution in [1.29, 1.82) is 0 Å². The van der Waals surface area contributed by atoms with Crippen molar-refractivity contribution in [2.75, 3.05) is 0 Å². The first-order valence-electron chi connectivity index (χ1n) is 4.47. The predicted octanol–water partition coefficient (Wildman–Crippen LogP) is 2.06. The lowest BCUT2D eigenvalue weighted by atomic mass is 10.3. The summed E-state index contributed by atoms with van der Waals surface area (Å²) >= 11 is 1.47. The minimum absolute atomic E-state index is 0.0440. The molecule has 6 heteroatoms. The van der Waals surface area contributed by atoms with Crippen LogP contribution in [-0.4, -0.2) is 21.2 Å². The normalized spacial score (nSPS) is 10.2. The largest absolute Gasteiger partial charge is 0.477 e. The Hall–Kier alpha value is -1.82. The Morgan fingerprint density at radius 3 is 3.00 bits per heavy atom. The van der Waals surface area contributed by atoms with Gasteiger partial charge in [0.2, 0.25) is 0 Å². The van der Waals surface area contributed by atoms with E-state index in [2.05, 4.69) is 10.1 Å². The standard InChI is InChI=1S/C10H8N2O3S/c13-10(14)9-5-8(2-3-11-9)16-6-7-1-4-12-15-7/h1-5H,6H2,(H,13,14). The Morgan fingerprint density at radius 1 is 1.44 bits per heavy atom. The van der Waals surface area contributed by atoms with Crippen LogP contribution in [0.2, 0.25) is 0 Å². The van der Waals surface area contributed by atoms with Crippen LogP contribution in [0.3, 0.4) is 0 Å². The molecular weight excluding hydrogens is 228 g/mol. The molecule has 2 aromatic heterocycles. The molecular formula is C10H8N2O3S. The molecule has 0 unspecified atom stereocenters. The third-order valence-corrected chi connectivity index (χ3v) is 2.84. The van der Waals surface area contributed by atoms with Gasteiger partial charge in [0.1, 0.15) is 11.5 Å². The average Bonchev–Trinajstić information content (AvgIpc) is 2.79. The second kappa shape index (κ2) is 4.80. The van der Waals surface area contributed by atoms with Gasteiger partial charge >= 0.3 is 5.97 Å². The van der Waals surface area contributed by atoms with E-state index in [4.69, 9.17) is 9.63 Å². The molecule has 0 aromatic carbocycles. The number of carboxylic acids is 1. The molecule has 0 bridgehead atoms. The first kappa shape index (κ1) is 10.7. The van der Waals surface area contributed by atoms with Crippen molar-refractivity contribution in [1.82, 2.24) is 10.1 Å². The molecule has 0 fully saturated rings. The lowest BCUT2D eigenvalue weighted by molar-refractivity contribution is 0.0690. The topological polar surface area (TPSA) is 76.2 Å². The minimum Gasteiger partial charge on any atom is -0.477 e. The molecule has 0 saturated heterocycles. The lowest BCUT2D eigenvalue weighted by Gasteiger charge is -1.99. The highest BCUT2D eigenvalue weighted by Crippen LogP contribution is 2.22. The Kier molecular flexibility index (Phi) is 3.21. The monoisotopic (exact) mass is 236 g/mol. The van der Waals surface area contributed by atoms with Crippen LogP contribution in [0.4, 0.5) is 0 Å². The number of aromatic carboxylic acids is 1. The molecule has 1 N–H and O–H groups in total. The quantitative estimate of drug-likeness (QED) is 0.819. The number of rotatable bonds is 4. The predicted molar refractivity (Wildman–Crippen MR) is 57.3 cm³/mol. The van der Waals surface area contributed by atoms with E-state index in [0.29, 0.717) is 5.75 Å². The van der Waals surface area contributed by atoms with Crippen LogP contribution in [0.15, 0.2) is 40.0 Å². The van der Waals surface area contributed by atoms with E-state index >= 15 is 0 Å². The van der Waals surface area contributed by atoms with E-state index in [1.165, 1.54) is 24.0 Å². The van der Waals surface area contributed by atoms with E-state index in [9.17, 15) is 4.79 Å². The van der Waals surface area contributed by atoms with Gasteiger partial charge in [0.25, 0.3) is 0 Å². The van der Waals surface area contributed by atoms with Crippen molar-refractivity contribution >= 4 is 17.7 Å². The van der Waals surface area contributed by atoms with Crippen molar-refractivity contribution in [3.8, 4) is 0 Å². The number of nitrogens with zero attached hydrogens (tertiary/aromatic N) is 2. The number of pyridine rings is 1. The molecule has 2 rings (SSSR count). The van der Waals surface area contributed by atoms with Crippen molar-refractivity contribution in [2.24, 2.45) is 0 Å². The van der Waals surface area contributed by atoms with Crippen molar-refractivity contribution in [2.45, 2.75) is 10.6 Å². The fourth-order valence-electron chi connectivity index (χ4n) is 1.09. The maximum atomic E-state index is 10.7. The number of aromatic nitrogens is 2. The summed E-state index contributed by atoms with van der Waals surface area (Å²) < 4.78 is 4.93. The van der Waals surface area contributed by atoms with Gasteiger partial charge in [-0.2, -0.15) is 0 Å². The zero-order valence-electron chi connectivity index (χ0n) is 8.16. The van der Waals surface area contributed by atoms with Crippen molar-refractivity contribution < 1.29 is 14.4 Å². The molecule has 0 aliphatic carbocycles. The van der Waals surface area contributed by atoms with E-state index in [1.807, 2.05) is 0 Å². The number of hydrogen-bond acceptors (Lipinski definition) is 5. The first-order valence-corrected chi connectivity index (χ1v) is 5.46. The fraction of sp³-hybridized carbons (Fsp3) is 0.100. The lowest BCUT2D eigenvalue weighted by Crippen LogP contribution is -1.99. The van der Waals surface area contributed by atoms with Crippen molar-refractivity contribution in [3.63, 3.8) is 0 Å². The SMILES string of the molecule is O=C(O)c1cc(SCc2ccno2)ccn1. The third kappa shape index (κ3) is 2.60. The molecule has 0 radical (unpaired) electrons. The van der Waals surface area contributed by atoms with Gasteiger partial charge in [-0.1, -0.05) is 5.16 Å². The van der Waals surface area contributed by atoms with Crippen LogP contribution in [0.25, 0.3) is 0 Å². The van der Waals surface area contributed by atoms with E-state index < -0.39 is 5.97 Å². The molecule has 0 atom stereocenters. The number of carbonyl (C=O) groups is 1. The van der Waals surface area contributed by atoms with E-state index in [1.54, 1.807) is 18.3 Å². The summed E-state index contributed by atoms with van der Waals surface area (Å²) in [7, 11) is 0. The van der Waals surface area contributed by atoms with E-state index in [-0.39, 0.29) is 5.69 Å². The zero-order chi connectivity index (χ0) is 11.4. The molecule has 5 nitrogen and oxygen atoms in total. The number of thioether (sulfide) groups is 1. The Labute approximate surface area is 95.5 Å². The van der Waals surface area contributed by atoms with Crippen LogP contribution in [0, 0.1) is 0 Å². The second-order valence-electron chi connectivity index (χ2n) is 2.95. The van der Waals surface area contributed by atoms with Gasteiger partial charge in [-0.3, -0.25) is 0 Å². The molecule has 16 heavy (non-hydrogen) atoms. The summed E-state index contributed by atoms with van der Waals surface area (Å²) in [4.78, 5) is 15.3. The average molecular weight is 236 g/mol. The highest BCUT2D eigenvalue weighted by Gasteiger charge is 2.06. The molecule has 0 amide bonds. The van der Waals surface area contributed by atoms with Gasteiger partial charge in [-0.15, -0.1) is 11.8 Å². The maximum Gasteiger partial charge on any atom is 0.354 e. The molecule has 0 saturated carbocycles. The number of hydrogen-bond donors (Lipinski definition) is 1. The minimum atomic E-state index is -1.03. The Balaban J connectivity index is 2.04. The molecule has 0 spiro atoms. The summed E-state index contributed by atoms with van der Waals surface area (Å²) in [6.07, 6.45) is 3.05. The summed E-state index contributed by atoms with van der Waals surface area (Å²) in [6, 6.07) is 5.06. The van der Waals surface area contributed by atoms with Gasteiger partial charge in [-0.25, -0.2) is 9.78 Å². The van der Waals surface area contributed by atoms with Crippen LogP contribution in [0.5, 0.6) is 0 Å². The maximum absolute atomic E-state index is 10.7. The molecule has 2 heterocycles. The van der Waals surface area contributed by atoms with Gasteiger partial charge < -0.3 is 9.63 Å². The van der Waals surface area contributed by atoms with E-state index in [0.717, 1.165) is 10.7 Å². The van der Waals surface area contributed by atoms with Gasteiger partial charge in [0.15, 0.2) is 0 Å². The summed E-state index contributed by atoms with van der Waals surface area (Å²) in [6.45, 7) is 0. The molecule has 0 aliphatic heterocycles. The van der Waals surface area contributed by atoms with Gasteiger partial charge in [0, 0.05) is 17.2 Å². The Morgan fingerprint density at radius 2 is 2.31 bits per heavy atom. The van der Waals surface area contributed by atoms with Crippen LogP contribution in [0.1, 0.15) is 16.2 Å². The molecule has 0 aliphatic rings. The first-order chi connectivity index (χ1) is 7.75. The van der Waals surface area contributed by atoms with Crippen LogP contribution < -0.4 is 0 Å². The van der Waals surface area contributed by atoms with Crippen LogP contribution in [-0.2, 0) is 5.75 Å². The molecule has 2 aromatic rings. The number of carboxylic acid groups (broad SMARTS) is 1. The highest BCUT2D eigenvalue weighted by molar-refractivity contribution is 7.98. The summed E-state index contributed by atoms with van der Waals surface area (Å²) in [5.41, 5.74) is 0.0440. The van der Waals surface area contributed by atoms with Crippen LogP contribution >= 0.6 is 11.8 Å². The van der Waals surface area contributed by atoms with Gasteiger partial charge in [-0.05, 0) is 12.1 Å².